The van der Waals surface area contributed by atoms with Crippen LogP contribution in [0.5, 0.6) is 0 Å². The number of carbonyl (C=O) groups excluding carboxylic acids is 1. The van der Waals surface area contributed by atoms with Gasteiger partial charge in [0.25, 0.3) is 0 Å². The van der Waals surface area contributed by atoms with Crippen molar-refractivity contribution < 1.29 is 4.79 Å². The second kappa shape index (κ2) is 2.73. The first-order valence-corrected chi connectivity index (χ1v) is 4.39. The molecule has 1 aliphatic rings. The van der Waals surface area contributed by atoms with E-state index in [0.29, 0.717) is 5.92 Å². The molecule has 0 aromatic carbocycles. The number of nitrogens with one attached hydrogen (secondary N) is 1. The molecule has 1 aliphatic carbocycles. The lowest BCUT2D eigenvalue weighted by molar-refractivity contribution is 0.112. The van der Waals surface area contributed by atoms with Crippen LogP contribution >= 0.6 is 0 Å². The minimum absolute atomic E-state index is 0.557. The van der Waals surface area contributed by atoms with Crippen molar-refractivity contribution in [3.05, 3.63) is 17.0 Å². The van der Waals surface area contributed by atoms with Crippen LogP contribution in [0.15, 0.2) is 0 Å². The molecule has 0 saturated heterocycles. The summed E-state index contributed by atoms with van der Waals surface area (Å²) >= 11 is 0. The zero-order valence-electron chi connectivity index (χ0n) is 7.13. The predicted octanol–water partition coefficient (Wildman–Crippen LogP) is 1.66. The maximum atomic E-state index is 10.7. The molecule has 0 spiro atoms. The molecule has 3 heteroatoms. The molecule has 0 amide bonds. The molecular weight excluding hydrogens is 152 g/mol. The van der Waals surface area contributed by atoms with Crippen LogP contribution in [0.2, 0.25) is 0 Å². The molecular formula is C9H12N2O. The van der Waals surface area contributed by atoms with Crippen molar-refractivity contribution in [3.8, 4) is 0 Å². The number of hydrogen-bond donors (Lipinski definition) is 1. The highest BCUT2D eigenvalue weighted by Crippen LogP contribution is 2.40. The Morgan fingerprint density at radius 2 is 2.42 bits per heavy atom. The minimum Gasteiger partial charge on any atom is -0.298 e. The van der Waals surface area contributed by atoms with Crippen molar-refractivity contribution in [1.82, 2.24) is 10.2 Å². The molecule has 0 bridgehead atoms. The Morgan fingerprint density at radius 3 is 2.92 bits per heavy atom. The fourth-order valence-electron chi connectivity index (χ4n) is 1.47. The van der Waals surface area contributed by atoms with Crippen molar-refractivity contribution in [2.45, 2.75) is 32.1 Å². The van der Waals surface area contributed by atoms with Gasteiger partial charge >= 0.3 is 0 Å². The molecule has 1 heterocycles. The number of carbonyl (C=O) groups is 1. The van der Waals surface area contributed by atoms with E-state index >= 15 is 0 Å². The fraction of sp³-hybridized carbons (Fsp3) is 0.556. The van der Waals surface area contributed by atoms with Crippen LogP contribution in [0.1, 0.15) is 47.4 Å². The molecule has 1 N–H and O–H groups in total. The number of aromatic nitrogens is 2. The average molecular weight is 164 g/mol. The smallest absolute Gasteiger partial charge is 0.153 e. The van der Waals surface area contributed by atoms with Crippen LogP contribution in [0, 0.1) is 0 Å². The zero-order valence-corrected chi connectivity index (χ0v) is 7.13. The second-order valence-corrected chi connectivity index (χ2v) is 3.25. The Labute approximate surface area is 71.2 Å². The minimum atomic E-state index is 0.557. The Morgan fingerprint density at radius 1 is 1.67 bits per heavy atom. The van der Waals surface area contributed by atoms with Gasteiger partial charge in [0.15, 0.2) is 6.29 Å². The number of H-pyrrole nitrogens is 1. The number of aldehydes is 1. The summed E-state index contributed by atoms with van der Waals surface area (Å²) in [6.07, 6.45) is 4.16. The van der Waals surface area contributed by atoms with Crippen molar-refractivity contribution >= 4 is 6.29 Å². The maximum Gasteiger partial charge on any atom is 0.153 e. The van der Waals surface area contributed by atoms with Gasteiger partial charge in [-0.15, -0.1) is 0 Å². The number of hydrogen-bond acceptors (Lipinski definition) is 2. The standard InChI is InChI=1S/C9H12N2O/c1-2-8-7(5-12)9(11-10-8)6-3-4-6/h5-6H,2-4H2,1H3,(H,10,11). The van der Waals surface area contributed by atoms with Gasteiger partial charge in [0, 0.05) is 11.6 Å². The normalized spacial score (nSPS) is 16.4. The van der Waals surface area contributed by atoms with Gasteiger partial charge in [0.2, 0.25) is 0 Å². The molecule has 1 aromatic rings. The molecule has 1 fully saturated rings. The third-order valence-electron chi connectivity index (χ3n) is 2.35. The van der Waals surface area contributed by atoms with Crippen LogP contribution in [-0.2, 0) is 6.42 Å². The first-order valence-electron chi connectivity index (χ1n) is 4.39. The van der Waals surface area contributed by atoms with Crippen molar-refractivity contribution in [1.29, 1.82) is 0 Å². The fourth-order valence-corrected chi connectivity index (χ4v) is 1.47. The molecule has 1 saturated carbocycles. The lowest BCUT2D eigenvalue weighted by Crippen LogP contribution is -1.90. The van der Waals surface area contributed by atoms with Gasteiger partial charge in [0.05, 0.1) is 11.3 Å². The van der Waals surface area contributed by atoms with Gasteiger partial charge in [-0.3, -0.25) is 9.89 Å². The summed E-state index contributed by atoms with van der Waals surface area (Å²) in [4.78, 5) is 10.7. The SMILES string of the molecule is CCc1[nH]nc(C2CC2)c1C=O. The van der Waals surface area contributed by atoms with E-state index in [1.807, 2.05) is 6.92 Å². The number of rotatable bonds is 3. The monoisotopic (exact) mass is 164 g/mol. The summed E-state index contributed by atoms with van der Waals surface area (Å²) in [5, 5.41) is 7.08. The summed E-state index contributed by atoms with van der Waals surface area (Å²) in [6.45, 7) is 2.02. The molecule has 0 atom stereocenters. The van der Waals surface area contributed by atoms with Crippen LogP contribution in [0.4, 0.5) is 0 Å². The van der Waals surface area contributed by atoms with E-state index in [4.69, 9.17) is 0 Å². The molecule has 3 nitrogen and oxygen atoms in total. The predicted molar refractivity (Wildman–Crippen MR) is 45.3 cm³/mol. The van der Waals surface area contributed by atoms with Gasteiger partial charge in [-0.25, -0.2) is 0 Å². The quantitative estimate of drug-likeness (QED) is 0.690. The highest BCUT2D eigenvalue weighted by atomic mass is 16.1. The van der Waals surface area contributed by atoms with E-state index in [1.165, 1.54) is 12.8 Å². The third kappa shape index (κ3) is 1.05. The Balaban J connectivity index is 2.39. The number of aromatic amines is 1. The first-order chi connectivity index (χ1) is 5.86. The molecule has 0 radical (unpaired) electrons. The highest BCUT2D eigenvalue weighted by molar-refractivity contribution is 5.78. The largest absolute Gasteiger partial charge is 0.298 e. The average Bonchev–Trinajstić information content (AvgIpc) is 2.85. The lowest BCUT2D eigenvalue weighted by atomic mass is 10.1. The van der Waals surface area contributed by atoms with E-state index in [9.17, 15) is 4.79 Å². The van der Waals surface area contributed by atoms with E-state index in [1.54, 1.807) is 0 Å². The molecule has 0 aliphatic heterocycles. The third-order valence-corrected chi connectivity index (χ3v) is 2.35. The Hall–Kier alpha value is -1.12. The number of nitrogens with zero attached hydrogens (tertiary/aromatic N) is 1. The summed E-state index contributed by atoms with van der Waals surface area (Å²) in [7, 11) is 0. The number of aryl methyl sites for hydroxylation is 1. The van der Waals surface area contributed by atoms with Gasteiger partial charge in [0.1, 0.15) is 0 Å². The first kappa shape index (κ1) is 7.53. The lowest BCUT2D eigenvalue weighted by Gasteiger charge is -1.92. The summed E-state index contributed by atoms with van der Waals surface area (Å²) in [5.41, 5.74) is 2.77. The van der Waals surface area contributed by atoms with Crippen LogP contribution < -0.4 is 0 Å². The van der Waals surface area contributed by atoms with E-state index in [0.717, 1.165) is 29.7 Å². The molecule has 2 rings (SSSR count). The second-order valence-electron chi connectivity index (χ2n) is 3.25. The van der Waals surface area contributed by atoms with E-state index < -0.39 is 0 Å². The Bertz CT molecular complexity index is 299. The molecule has 0 unspecified atom stereocenters. The topological polar surface area (TPSA) is 45.8 Å². The van der Waals surface area contributed by atoms with E-state index in [2.05, 4.69) is 10.2 Å². The maximum absolute atomic E-state index is 10.7. The summed E-state index contributed by atoms with van der Waals surface area (Å²) in [6, 6.07) is 0. The van der Waals surface area contributed by atoms with E-state index in [-0.39, 0.29) is 0 Å². The van der Waals surface area contributed by atoms with Crippen molar-refractivity contribution in [3.63, 3.8) is 0 Å². The van der Waals surface area contributed by atoms with Gasteiger partial charge in [-0.2, -0.15) is 5.10 Å². The Kier molecular flexibility index (Phi) is 1.71. The molecule has 12 heavy (non-hydrogen) atoms. The van der Waals surface area contributed by atoms with Crippen molar-refractivity contribution in [2.75, 3.05) is 0 Å². The summed E-state index contributed by atoms with van der Waals surface area (Å²) in [5.74, 6) is 0.557. The van der Waals surface area contributed by atoms with Crippen LogP contribution in [0.3, 0.4) is 0 Å². The van der Waals surface area contributed by atoms with Gasteiger partial charge in [-0.1, -0.05) is 6.92 Å². The molecule has 1 aromatic heterocycles. The zero-order chi connectivity index (χ0) is 8.55. The highest BCUT2D eigenvalue weighted by Gasteiger charge is 2.29. The van der Waals surface area contributed by atoms with Crippen LogP contribution in [-0.4, -0.2) is 16.5 Å². The van der Waals surface area contributed by atoms with Gasteiger partial charge < -0.3 is 0 Å². The van der Waals surface area contributed by atoms with Crippen molar-refractivity contribution in [2.24, 2.45) is 0 Å². The van der Waals surface area contributed by atoms with Crippen LogP contribution in [0.25, 0.3) is 0 Å². The van der Waals surface area contributed by atoms with Gasteiger partial charge in [-0.05, 0) is 19.3 Å². The summed E-state index contributed by atoms with van der Waals surface area (Å²) < 4.78 is 0. The molecule has 64 valence electrons.